The highest BCUT2D eigenvalue weighted by molar-refractivity contribution is 7.89. The van der Waals surface area contributed by atoms with Gasteiger partial charge < -0.3 is 5.32 Å². The average molecular weight is 374 g/mol. The number of sulfone groups is 1. The lowest BCUT2D eigenvalue weighted by Gasteiger charge is -2.23. The van der Waals surface area contributed by atoms with E-state index in [9.17, 15) is 13.2 Å². The van der Waals surface area contributed by atoms with E-state index in [1.165, 1.54) is 11.8 Å². The monoisotopic (exact) mass is 373 g/mol. The van der Waals surface area contributed by atoms with E-state index >= 15 is 0 Å². The van der Waals surface area contributed by atoms with Crippen LogP contribution in [0.25, 0.3) is 0 Å². The topological polar surface area (TPSA) is 63.2 Å². The molecule has 0 saturated heterocycles. The molecule has 2 aromatic rings. The second kappa shape index (κ2) is 8.49. The predicted molar refractivity (Wildman–Crippen MR) is 106 cm³/mol. The highest BCUT2D eigenvalue weighted by Gasteiger charge is 2.19. The minimum Gasteiger partial charge on any atom is -0.345 e. The number of hydrogen-bond donors (Lipinski definition) is 1. The van der Waals surface area contributed by atoms with Crippen LogP contribution in [0.4, 0.5) is 0 Å². The summed E-state index contributed by atoms with van der Waals surface area (Å²) in [6.45, 7) is 6.25. The largest absolute Gasteiger partial charge is 0.345 e. The van der Waals surface area contributed by atoms with E-state index in [0.717, 1.165) is 12.0 Å². The molecule has 26 heavy (non-hydrogen) atoms. The molecule has 2 rings (SSSR count). The highest BCUT2D eigenvalue weighted by atomic mass is 32.2. The van der Waals surface area contributed by atoms with Crippen molar-refractivity contribution in [1.82, 2.24) is 5.32 Å². The van der Waals surface area contributed by atoms with E-state index in [1.807, 2.05) is 0 Å². The summed E-state index contributed by atoms with van der Waals surface area (Å²) in [5.74, 6) is -0.0375. The summed E-state index contributed by atoms with van der Waals surface area (Å²) >= 11 is 0. The van der Waals surface area contributed by atoms with Crippen LogP contribution in [0, 0.1) is 5.92 Å². The van der Waals surface area contributed by atoms with E-state index in [4.69, 9.17) is 0 Å². The lowest BCUT2D eigenvalue weighted by Crippen LogP contribution is -2.31. The molecule has 0 spiro atoms. The highest BCUT2D eigenvalue weighted by Crippen LogP contribution is 2.23. The van der Waals surface area contributed by atoms with E-state index < -0.39 is 9.84 Å². The summed E-state index contributed by atoms with van der Waals surface area (Å²) in [4.78, 5) is 12.7. The second-order valence-electron chi connectivity index (χ2n) is 7.06. The van der Waals surface area contributed by atoms with Crippen molar-refractivity contribution in [2.24, 2.45) is 5.92 Å². The Kier molecular flexibility index (Phi) is 6.59. The van der Waals surface area contributed by atoms with Crippen LogP contribution in [0.5, 0.6) is 0 Å². The van der Waals surface area contributed by atoms with Gasteiger partial charge in [0.05, 0.1) is 11.8 Å². The fourth-order valence-electron chi connectivity index (χ4n) is 2.93. The SMILES string of the molecule is CCc1ccc(C(NC(=O)c2cccc(CS(C)(=O)=O)c2)C(C)C)cc1. The smallest absolute Gasteiger partial charge is 0.251 e. The Morgan fingerprint density at radius 3 is 2.23 bits per heavy atom. The lowest BCUT2D eigenvalue weighted by molar-refractivity contribution is 0.0925. The van der Waals surface area contributed by atoms with E-state index in [0.29, 0.717) is 11.1 Å². The number of nitrogens with one attached hydrogen (secondary N) is 1. The molecule has 0 fully saturated rings. The Balaban J connectivity index is 2.20. The molecular weight excluding hydrogens is 346 g/mol. The maximum absolute atomic E-state index is 12.7. The zero-order chi connectivity index (χ0) is 19.3. The van der Waals surface area contributed by atoms with Gasteiger partial charge >= 0.3 is 0 Å². The van der Waals surface area contributed by atoms with Crippen LogP contribution < -0.4 is 5.32 Å². The van der Waals surface area contributed by atoms with Gasteiger partial charge in [0, 0.05) is 11.8 Å². The molecule has 1 N–H and O–H groups in total. The Morgan fingerprint density at radius 1 is 1.04 bits per heavy atom. The van der Waals surface area contributed by atoms with E-state index in [2.05, 4.69) is 50.4 Å². The number of hydrogen-bond acceptors (Lipinski definition) is 3. The fourth-order valence-corrected chi connectivity index (χ4v) is 3.71. The van der Waals surface area contributed by atoms with Crippen LogP contribution in [-0.2, 0) is 22.0 Å². The van der Waals surface area contributed by atoms with Crippen molar-refractivity contribution in [3.8, 4) is 0 Å². The molecule has 1 unspecified atom stereocenters. The first-order valence-corrected chi connectivity index (χ1v) is 10.9. The van der Waals surface area contributed by atoms with Crippen LogP contribution in [0.15, 0.2) is 48.5 Å². The molecular formula is C21H27NO3S. The van der Waals surface area contributed by atoms with Crippen molar-refractivity contribution >= 4 is 15.7 Å². The third-order valence-corrected chi connectivity index (χ3v) is 5.18. The molecule has 0 radical (unpaired) electrons. The molecule has 0 aromatic heterocycles. The molecule has 0 aliphatic rings. The van der Waals surface area contributed by atoms with Gasteiger partial charge in [-0.1, -0.05) is 57.2 Å². The number of amides is 1. The maximum atomic E-state index is 12.7. The molecule has 2 aromatic carbocycles. The van der Waals surface area contributed by atoms with Crippen molar-refractivity contribution in [2.75, 3.05) is 6.26 Å². The van der Waals surface area contributed by atoms with Gasteiger partial charge in [-0.25, -0.2) is 8.42 Å². The Bertz CT molecular complexity index is 855. The standard InChI is InChI=1S/C21H27NO3S/c1-5-16-9-11-18(12-10-16)20(15(2)3)22-21(23)19-8-6-7-17(13-19)14-26(4,24)25/h6-13,15,20H,5,14H2,1-4H3,(H,22,23). The van der Waals surface area contributed by atoms with E-state index in [1.54, 1.807) is 24.3 Å². The number of aryl methyl sites for hydroxylation is 1. The third-order valence-electron chi connectivity index (χ3n) is 4.32. The molecule has 1 amide bonds. The predicted octanol–water partition coefficient (Wildman–Crippen LogP) is 3.92. The quantitative estimate of drug-likeness (QED) is 0.800. The molecule has 0 aliphatic heterocycles. The van der Waals surface area contributed by atoms with Crippen LogP contribution in [0.3, 0.4) is 0 Å². The van der Waals surface area contributed by atoms with Gasteiger partial charge in [-0.2, -0.15) is 0 Å². The van der Waals surface area contributed by atoms with Crippen molar-refractivity contribution in [2.45, 2.75) is 39.0 Å². The van der Waals surface area contributed by atoms with Gasteiger partial charge in [0.15, 0.2) is 9.84 Å². The van der Waals surface area contributed by atoms with Crippen LogP contribution in [-0.4, -0.2) is 20.6 Å². The lowest BCUT2D eigenvalue weighted by atomic mass is 9.94. The fraction of sp³-hybridized carbons (Fsp3) is 0.381. The van der Waals surface area contributed by atoms with Crippen LogP contribution in [0.2, 0.25) is 0 Å². The summed E-state index contributed by atoms with van der Waals surface area (Å²) in [6, 6.07) is 15.0. The van der Waals surface area contributed by atoms with Crippen molar-refractivity contribution in [1.29, 1.82) is 0 Å². The number of rotatable bonds is 7. The van der Waals surface area contributed by atoms with Gasteiger partial charge in [-0.3, -0.25) is 4.79 Å². The van der Waals surface area contributed by atoms with Crippen LogP contribution in [0.1, 0.15) is 53.9 Å². The normalized spacial score (nSPS) is 12.8. The molecule has 1 atom stereocenters. The first-order chi connectivity index (χ1) is 12.2. The Morgan fingerprint density at radius 2 is 1.69 bits per heavy atom. The third kappa shape index (κ3) is 5.70. The molecule has 140 valence electrons. The molecule has 0 heterocycles. The molecule has 5 heteroatoms. The van der Waals surface area contributed by atoms with Gasteiger partial charge in [-0.05, 0) is 41.2 Å². The molecule has 0 bridgehead atoms. The Hall–Kier alpha value is -2.14. The van der Waals surface area contributed by atoms with Gasteiger partial charge in [0.1, 0.15) is 0 Å². The minimum absolute atomic E-state index is 0.0692. The number of carbonyl (C=O) groups excluding carboxylic acids is 1. The second-order valence-corrected chi connectivity index (χ2v) is 9.20. The molecule has 0 saturated carbocycles. The van der Waals surface area contributed by atoms with Crippen molar-refractivity contribution in [3.63, 3.8) is 0 Å². The number of carbonyl (C=O) groups is 1. The van der Waals surface area contributed by atoms with Gasteiger partial charge in [-0.15, -0.1) is 0 Å². The van der Waals surface area contributed by atoms with Crippen LogP contribution >= 0.6 is 0 Å². The van der Waals surface area contributed by atoms with Crippen molar-refractivity contribution in [3.05, 3.63) is 70.8 Å². The zero-order valence-electron chi connectivity index (χ0n) is 15.8. The maximum Gasteiger partial charge on any atom is 0.251 e. The van der Waals surface area contributed by atoms with E-state index in [-0.39, 0.29) is 23.6 Å². The Labute approximate surface area is 156 Å². The zero-order valence-corrected chi connectivity index (χ0v) is 16.6. The molecule has 0 aliphatic carbocycles. The summed E-state index contributed by atoms with van der Waals surface area (Å²) in [7, 11) is -3.14. The summed E-state index contributed by atoms with van der Waals surface area (Å²) in [5, 5.41) is 3.09. The first-order valence-electron chi connectivity index (χ1n) is 8.86. The van der Waals surface area contributed by atoms with Gasteiger partial charge in [0.25, 0.3) is 5.91 Å². The number of benzene rings is 2. The summed E-state index contributed by atoms with van der Waals surface area (Å²) < 4.78 is 23.0. The summed E-state index contributed by atoms with van der Waals surface area (Å²) in [6.07, 6.45) is 2.17. The molecule has 4 nitrogen and oxygen atoms in total. The van der Waals surface area contributed by atoms with Gasteiger partial charge in [0.2, 0.25) is 0 Å². The average Bonchev–Trinajstić information content (AvgIpc) is 2.58. The first kappa shape index (κ1) is 20.2. The van der Waals surface area contributed by atoms with Crippen molar-refractivity contribution < 1.29 is 13.2 Å². The summed E-state index contributed by atoms with van der Waals surface area (Å²) in [5.41, 5.74) is 3.42. The minimum atomic E-state index is -3.14.